The number of fused-ring (bicyclic) bond motifs is 1. The van der Waals surface area contributed by atoms with Gasteiger partial charge in [-0.2, -0.15) is 10.1 Å². The average Bonchev–Trinajstić information content (AvgIpc) is 3.45. The maximum absolute atomic E-state index is 13.0. The number of thiazole rings is 1. The maximum atomic E-state index is 13.0. The van der Waals surface area contributed by atoms with Crippen molar-refractivity contribution >= 4 is 38.4 Å². The second-order valence-corrected chi connectivity index (χ2v) is 9.65. The number of carbonyl (C=O) groups excluding carboxylic acids is 1. The van der Waals surface area contributed by atoms with Crippen LogP contribution in [0.5, 0.6) is 5.75 Å². The molecule has 1 aliphatic rings. The van der Waals surface area contributed by atoms with Gasteiger partial charge in [-0.1, -0.05) is 30.4 Å². The number of aromatic nitrogens is 3. The lowest BCUT2D eigenvalue weighted by Crippen LogP contribution is -2.40. The van der Waals surface area contributed by atoms with Crippen LogP contribution in [0.4, 0.5) is 10.8 Å². The number of nitrogens with zero attached hydrogens (tertiary/aromatic N) is 4. The first kappa shape index (κ1) is 22.4. The molecule has 0 radical (unpaired) electrons. The molecule has 5 rings (SSSR count). The van der Waals surface area contributed by atoms with Gasteiger partial charge in [0.25, 0.3) is 0 Å². The molecule has 1 N–H and O–H groups in total. The Balaban J connectivity index is 1.34. The summed E-state index contributed by atoms with van der Waals surface area (Å²) < 4.78 is 8.24. The molecule has 0 saturated carbocycles. The minimum Gasteiger partial charge on any atom is -0.497 e. The Morgan fingerprint density at radius 3 is 2.65 bits per heavy atom. The first-order valence-corrected chi connectivity index (χ1v) is 12.5. The van der Waals surface area contributed by atoms with E-state index in [1.807, 2.05) is 48.0 Å². The average molecular weight is 476 g/mol. The third-order valence-electron chi connectivity index (χ3n) is 6.39. The van der Waals surface area contributed by atoms with E-state index >= 15 is 0 Å². The summed E-state index contributed by atoms with van der Waals surface area (Å²) >= 11 is 1.65. The molecule has 1 saturated heterocycles. The highest BCUT2D eigenvalue weighted by Gasteiger charge is 2.28. The summed E-state index contributed by atoms with van der Waals surface area (Å²) in [5, 5.41) is 8.75. The van der Waals surface area contributed by atoms with E-state index in [2.05, 4.69) is 29.3 Å². The van der Waals surface area contributed by atoms with E-state index in [-0.39, 0.29) is 11.8 Å². The molecule has 0 aliphatic carbocycles. The molecular formula is C26H29N5O2S. The highest BCUT2D eigenvalue weighted by Crippen LogP contribution is 2.35. The van der Waals surface area contributed by atoms with Crippen LogP contribution in [0.2, 0.25) is 0 Å². The number of benzene rings is 2. The zero-order valence-electron chi connectivity index (χ0n) is 19.7. The summed E-state index contributed by atoms with van der Waals surface area (Å²) in [6, 6.07) is 15.9. The summed E-state index contributed by atoms with van der Waals surface area (Å²) in [7, 11) is 1.66. The van der Waals surface area contributed by atoms with Crippen molar-refractivity contribution in [2.75, 3.05) is 30.4 Å². The van der Waals surface area contributed by atoms with Crippen LogP contribution in [0.1, 0.15) is 31.0 Å². The summed E-state index contributed by atoms with van der Waals surface area (Å²) in [5.41, 5.74) is 4.87. The molecule has 34 heavy (non-hydrogen) atoms. The van der Waals surface area contributed by atoms with E-state index in [0.717, 1.165) is 64.1 Å². The van der Waals surface area contributed by atoms with Gasteiger partial charge in [0.05, 0.1) is 29.1 Å². The normalized spacial score (nSPS) is 16.1. The molecule has 7 nitrogen and oxygen atoms in total. The Kier molecular flexibility index (Phi) is 6.24. The van der Waals surface area contributed by atoms with Gasteiger partial charge >= 0.3 is 0 Å². The summed E-state index contributed by atoms with van der Waals surface area (Å²) in [6.07, 6.45) is 2.84. The number of piperidine rings is 1. The van der Waals surface area contributed by atoms with Gasteiger partial charge in [0, 0.05) is 18.8 Å². The van der Waals surface area contributed by atoms with E-state index in [0.29, 0.717) is 6.54 Å². The van der Waals surface area contributed by atoms with Gasteiger partial charge in [-0.25, -0.2) is 4.68 Å². The Hall–Kier alpha value is -3.39. The van der Waals surface area contributed by atoms with Crippen LogP contribution < -0.4 is 15.0 Å². The maximum Gasteiger partial charge on any atom is 0.229 e. The molecule has 1 atom stereocenters. The minimum atomic E-state index is -0.0641. The summed E-state index contributed by atoms with van der Waals surface area (Å²) in [5.74, 6) is 0.822. The first-order chi connectivity index (χ1) is 16.6. The van der Waals surface area contributed by atoms with Crippen molar-refractivity contribution in [3.8, 4) is 11.4 Å². The molecule has 1 fully saturated rings. The third-order valence-corrected chi connectivity index (χ3v) is 7.60. The number of hydrogen-bond donors (Lipinski definition) is 1. The molecule has 176 valence electrons. The van der Waals surface area contributed by atoms with Gasteiger partial charge in [-0.3, -0.25) is 4.79 Å². The lowest BCUT2D eigenvalue weighted by molar-refractivity contribution is -0.120. The van der Waals surface area contributed by atoms with Crippen molar-refractivity contribution in [3.05, 3.63) is 59.8 Å². The van der Waals surface area contributed by atoms with Gasteiger partial charge in [0.2, 0.25) is 5.91 Å². The summed E-state index contributed by atoms with van der Waals surface area (Å²) in [4.78, 5) is 20.2. The quantitative estimate of drug-likeness (QED) is 0.414. The molecule has 1 aliphatic heterocycles. The molecule has 2 aromatic carbocycles. The highest BCUT2D eigenvalue weighted by atomic mass is 32.1. The molecule has 2 aromatic heterocycles. The Labute approximate surface area is 203 Å². The number of ether oxygens (including phenoxy) is 1. The highest BCUT2D eigenvalue weighted by molar-refractivity contribution is 7.22. The van der Waals surface area contributed by atoms with Crippen molar-refractivity contribution in [2.45, 2.75) is 33.1 Å². The van der Waals surface area contributed by atoms with Crippen molar-refractivity contribution < 1.29 is 9.53 Å². The monoisotopic (exact) mass is 475 g/mol. The van der Waals surface area contributed by atoms with Crippen LogP contribution in [0, 0.1) is 12.8 Å². The second-order valence-electron chi connectivity index (χ2n) is 8.67. The fourth-order valence-corrected chi connectivity index (χ4v) is 5.42. The molecule has 0 bridgehead atoms. The van der Waals surface area contributed by atoms with Crippen LogP contribution in [-0.2, 0) is 11.2 Å². The second kappa shape index (κ2) is 9.46. The van der Waals surface area contributed by atoms with E-state index in [1.54, 1.807) is 18.4 Å². The lowest BCUT2D eigenvalue weighted by Gasteiger charge is -2.31. The van der Waals surface area contributed by atoms with Crippen LogP contribution in [0.3, 0.4) is 0 Å². The molecular weight excluding hydrogens is 446 g/mol. The molecule has 3 heterocycles. The molecule has 0 unspecified atom stereocenters. The van der Waals surface area contributed by atoms with Crippen molar-refractivity contribution in [1.29, 1.82) is 0 Å². The number of rotatable bonds is 6. The predicted octanol–water partition coefficient (Wildman–Crippen LogP) is 5.22. The van der Waals surface area contributed by atoms with Gasteiger partial charge in [0.1, 0.15) is 5.75 Å². The zero-order chi connectivity index (χ0) is 23.7. The molecule has 1 amide bonds. The Morgan fingerprint density at radius 1 is 1.18 bits per heavy atom. The zero-order valence-corrected chi connectivity index (χ0v) is 20.6. The third kappa shape index (κ3) is 4.37. The Bertz CT molecular complexity index is 1290. The van der Waals surface area contributed by atoms with E-state index in [1.165, 1.54) is 5.56 Å². The topological polar surface area (TPSA) is 72.3 Å². The summed E-state index contributed by atoms with van der Waals surface area (Å²) in [6.45, 7) is 5.72. The van der Waals surface area contributed by atoms with E-state index in [9.17, 15) is 4.79 Å². The fraction of sp³-hybridized carbons (Fsp3) is 0.346. The Morgan fingerprint density at radius 2 is 1.94 bits per heavy atom. The number of anilines is 2. The van der Waals surface area contributed by atoms with Gasteiger partial charge < -0.3 is 15.0 Å². The first-order valence-electron chi connectivity index (χ1n) is 11.7. The van der Waals surface area contributed by atoms with Crippen LogP contribution in [-0.4, -0.2) is 40.9 Å². The largest absolute Gasteiger partial charge is 0.497 e. The molecule has 4 aromatic rings. The number of nitrogens with one attached hydrogen (secondary N) is 1. The van der Waals surface area contributed by atoms with Crippen LogP contribution >= 0.6 is 11.3 Å². The molecule has 8 heteroatoms. The van der Waals surface area contributed by atoms with Crippen molar-refractivity contribution in [3.63, 3.8) is 0 Å². The van der Waals surface area contributed by atoms with E-state index < -0.39 is 0 Å². The minimum absolute atomic E-state index is 0.0641. The SMILES string of the molecule is CCc1ccc(NC(=O)[C@@H]2CCCN(c3nc4c(s3)c(C)nn4-c3ccc(OC)cc3)C2)cc1. The number of carbonyl (C=O) groups is 1. The number of amides is 1. The standard InChI is InChI=1S/C26H29N5O2S/c1-4-18-7-9-20(10-8-18)27-25(32)19-6-5-15-30(16-19)26-28-24-23(34-26)17(2)29-31(24)21-11-13-22(33-3)14-12-21/h7-14,19H,4-6,15-16H2,1-3H3,(H,27,32)/t19-/m1/s1. The smallest absolute Gasteiger partial charge is 0.229 e. The number of methoxy groups -OCH3 is 1. The van der Waals surface area contributed by atoms with Gasteiger partial charge in [-0.15, -0.1) is 0 Å². The number of aryl methyl sites for hydroxylation is 2. The molecule has 0 spiro atoms. The van der Waals surface area contributed by atoms with E-state index in [4.69, 9.17) is 14.8 Å². The van der Waals surface area contributed by atoms with Crippen LogP contribution in [0.15, 0.2) is 48.5 Å². The van der Waals surface area contributed by atoms with Gasteiger partial charge in [0.15, 0.2) is 10.8 Å². The fourth-order valence-electron chi connectivity index (χ4n) is 4.39. The van der Waals surface area contributed by atoms with Crippen molar-refractivity contribution in [1.82, 2.24) is 14.8 Å². The lowest BCUT2D eigenvalue weighted by atomic mass is 9.97. The number of hydrogen-bond acceptors (Lipinski definition) is 6. The van der Waals surface area contributed by atoms with Gasteiger partial charge in [-0.05, 0) is 68.1 Å². The predicted molar refractivity (Wildman–Crippen MR) is 137 cm³/mol. The van der Waals surface area contributed by atoms with Crippen molar-refractivity contribution in [2.24, 2.45) is 5.92 Å². The van der Waals surface area contributed by atoms with Crippen LogP contribution in [0.25, 0.3) is 16.0 Å².